The molecule has 1 fully saturated rings. The number of carbonyl (C=O) groups excluding carboxylic acids is 1. The van der Waals surface area contributed by atoms with Crippen LogP contribution in [0.1, 0.15) is 6.42 Å². The Hall–Kier alpha value is -1.18. The number of aliphatic carboxylic acids is 1. The monoisotopic (exact) mass is 218 g/mol. The van der Waals surface area contributed by atoms with E-state index in [0.29, 0.717) is 6.54 Å². The number of rotatable bonds is 4. The summed E-state index contributed by atoms with van der Waals surface area (Å²) < 4.78 is 0. The summed E-state index contributed by atoms with van der Waals surface area (Å²) in [6.07, 6.45) is -0.331. The average molecular weight is 218 g/mol. The summed E-state index contributed by atoms with van der Waals surface area (Å²) in [6.45, 7) is -0.342. The van der Waals surface area contributed by atoms with Gasteiger partial charge in [-0.15, -0.1) is 0 Å². The van der Waals surface area contributed by atoms with Gasteiger partial charge in [0, 0.05) is 6.54 Å². The number of amides is 1. The standard InChI is InChI=1S/C8H14N2O5/c11-3-6(8(14)15)10-7(13)5-1-4(12)2-9-5/h4-6,9,11-12H,1-3H2,(H,10,13)(H,14,15)/t4-,5-,6+/m1/s1. The van der Waals surface area contributed by atoms with Gasteiger partial charge in [-0.3, -0.25) is 4.79 Å². The van der Waals surface area contributed by atoms with Gasteiger partial charge in [-0.05, 0) is 6.42 Å². The van der Waals surface area contributed by atoms with Crippen LogP contribution in [0, 0.1) is 0 Å². The quantitative estimate of drug-likeness (QED) is 0.349. The zero-order valence-corrected chi connectivity index (χ0v) is 8.01. The minimum atomic E-state index is -1.29. The van der Waals surface area contributed by atoms with E-state index in [-0.39, 0.29) is 6.42 Å². The van der Waals surface area contributed by atoms with Crippen LogP contribution in [-0.4, -0.2) is 58.5 Å². The Morgan fingerprint density at radius 2 is 2.20 bits per heavy atom. The fraction of sp³-hybridized carbons (Fsp3) is 0.750. The lowest BCUT2D eigenvalue weighted by Gasteiger charge is -2.15. The molecule has 0 aromatic rings. The number of hydrogen-bond donors (Lipinski definition) is 5. The van der Waals surface area contributed by atoms with E-state index in [1.807, 2.05) is 0 Å². The van der Waals surface area contributed by atoms with Gasteiger partial charge in [0.05, 0.1) is 18.8 Å². The molecule has 7 heteroatoms. The topological polar surface area (TPSA) is 119 Å². The normalized spacial score (nSPS) is 27.3. The zero-order chi connectivity index (χ0) is 11.4. The lowest BCUT2D eigenvalue weighted by Crippen LogP contribution is -2.49. The maximum atomic E-state index is 11.4. The maximum Gasteiger partial charge on any atom is 0.328 e. The van der Waals surface area contributed by atoms with Gasteiger partial charge >= 0.3 is 5.97 Å². The molecule has 0 unspecified atom stereocenters. The molecule has 0 aromatic heterocycles. The summed E-state index contributed by atoms with van der Waals surface area (Å²) in [4.78, 5) is 21.9. The lowest BCUT2D eigenvalue weighted by atomic mass is 10.2. The molecule has 7 nitrogen and oxygen atoms in total. The van der Waals surface area contributed by atoms with Gasteiger partial charge in [0.15, 0.2) is 0 Å². The Bertz CT molecular complexity index is 257. The molecule has 0 spiro atoms. The van der Waals surface area contributed by atoms with E-state index in [4.69, 9.17) is 15.3 Å². The fourth-order valence-corrected chi connectivity index (χ4v) is 1.37. The minimum absolute atomic E-state index is 0.254. The van der Waals surface area contributed by atoms with E-state index in [9.17, 15) is 9.59 Å². The number of aliphatic hydroxyl groups excluding tert-OH is 2. The van der Waals surface area contributed by atoms with Crippen molar-refractivity contribution in [2.24, 2.45) is 0 Å². The highest BCUT2D eigenvalue weighted by Gasteiger charge is 2.30. The van der Waals surface area contributed by atoms with Crippen molar-refractivity contribution in [3.8, 4) is 0 Å². The summed E-state index contributed by atoms with van der Waals surface area (Å²) in [5.41, 5.74) is 0. The number of carbonyl (C=O) groups is 2. The van der Waals surface area contributed by atoms with Crippen molar-refractivity contribution in [2.45, 2.75) is 24.6 Å². The molecule has 1 heterocycles. The number of nitrogens with one attached hydrogen (secondary N) is 2. The van der Waals surface area contributed by atoms with Crippen molar-refractivity contribution in [1.82, 2.24) is 10.6 Å². The van der Waals surface area contributed by atoms with E-state index in [1.54, 1.807) is 0 Å². The Morgan fingerprint density at radius 1 is 1.53 bits per heavy atom. The molecule has 0 aliphatic carbocycles. The highest BCUT2D eigenvalue weighted by molar-refractivity contribution is 5.87. The Balaban J connectivity index is 2.44. The first-order valence-corrected chi connectivity index (χ1v) is 4.60. The Kier molecular flexibility index (Phi) is 4.01. The summed E-state index contributed by atoms with van der Waals surface area (Å²) >= 11 is 0. The SMILES string of the molecule is O=C(O)[C@H](CO)NC(=O)[C@H]1C[C@@H](O)CN1. The van der Waals surface area contributed by atoms with Gasteiger partial charge in [-0.25, -0.2) is 4.79 Å². The second-order valence-corrected chi connectivity index (χ2v) is 3.43. The third-order valence-corrected chi connectivity index (χ3v) is 2.22. The van der Waals surface area contributed by atoms with Crippen molar-refractivity contribution < 1.29 is 24.9 Å². The third kappa shape index (κ3) is 3.15. The maximum absolute atomic E-state index is 11.4. The first kappa shape index (κ1) is 11.9. The van der Waals surface area contributed by atoms with Gasteiger partial charge in [0.25, 0.3) is 0 Å². The van der Waals surface area contributed by atoms with Crippen LogP contribution >= 0.6 is 0 Å². The summed E-state index contributed by atoms with van der Waals surface area (Å²) in [6, 6.07) is -1.88. The molecule has 0 saturated carbocycles. The predicted octanol–water partition coefficient (Wildman–Crippen LogP) is -2.73. The van der Waals surface area contributed by atoms with Gasteiger partial charge < -0.3 is 26.0 Å². The summed E-state index contributed by atoms with van der Waals surface area (Å²) in [7, 11) is 0. The van der Waals surface area contributed by atoms with Crippen molar-refractivity contribution in [2.75, 3.05) is 13.2 Å². The predicted molar refractivity (Wildman–Crippen MR) is 49.1 cm³/mol. The third-order valence-electron chi connectivity index (χ3n) is 2.22. The molecule has 0 aromatic carbocycles. The largest absolute Gasteiger partial charge is 0.480 e. The Morgan fingerprint density at radius 3 is 2.60 bits per heavy atom. The van der Waals surface area contributed by atoms with Crippen LogP contribution in [0.2, 0.25) is 0 Å². The lowest BCUT2D eigenvalue weighted by molar-refractivity contribution is -0.143. The summed E-state index contributed by atoms with van der Waals surface area (Å²) in [5.74, 6) is -1.81. The average Bonchev–Trinajstić information content (AvgIpc) is 2.60. The number of aliphatic hydroxyl groups is 2. The van der Waals surface area contributed by atoms with Crippen LogP contribution in [-0.2, 0) is 9.59 Å². The van der Waals surface area contributed by atoms with E-state index in [0.717, 1.165) is 0 Å². The van der Waals surface area contributed by atoms with Crippen LogP contribution in [0.4, 0.5) is 0 Å². The highest BCUT2D eigenvalue weighted by atomic mass is 16.4. The van der Waals surface area contributed by atoms with Gasteiger partial charge in [-0.2, -0.15) is 0 Å². The van der Waals surface area contributed by atoms with Gasteiger partial charge in [-0.1, -0.05) is 0 Å². The van der Waals surface area contributed by atoms with Crippen LogP contribution in [0.3, 0.4) is 0 Å². The molecule has 86 valence electrons. The molecular weight excluding hydrogens is 204 g/mol. The van der Waals surface area contributed by atoms with E-state index in [1.165, 1.54) is 0 Å². The molecule has 1 aliphatic rings. The van der Waals surface area contributed by atoms with E-state index in [2.05, 4.69) is 10.6 Å². The van der Waals surface area contributed by atoms with Crippen LogP contribution in [0.25, 0.3) is 0 Å². The van der Waals surface area contributed by atoms with Crippen molar-refractivity contribution >= 4 is 11.9 Å². The fourth-order valence-electron chi connectivity index (χ4n) is 1.37. The summed E-state index contributed by atoms with van der Waals surface area (Å²) in [5, 5.41) is 31.3. The second kappa shape index (κ2) is 5.06. The number of β-amino-alcohol motifs (C(OH)–C–C–N with tert-alkyl or cyclic N) is 1. The van der Waals surface area contributed by atoms with Gasteiger partial charge in [0.2, 0.25) is 5.91 Å². The molecule has 1 aliphatic heterocycles. The number of carboxylic acid groups (broad SMARTS) is 1. The smallest absolute Gasteiger partial charge is 0.328 e. The molecule has 1 saturated heterocycles. The molecule has 15 heavy (non-hydrogen) atoms. The van der Waals surface area contributed by atoms with Crippen LogP contribution in [0.15, 0.2) is 0 Å². The number of carboxylic acids is 1. The van der Waals surface area contributed by atoms with Gasteiger partial charge in [0.1, 0.15) is 6.04 Å². The minimum Gasteiger partial charge on any atom is -0.480 e. The van der Waals surface area contributed by atoms with E-state index >= 15 is 0 Å². The van der Waals surface area contributed by atoms with Crippen molar-refractivity contribution in [3.63, 3.8) is 0 Å². The van der Waals surface area contributed by atoms with E-state index < -0.39 is 36.7 Å². The highest BCUT2D eigenvalue weighted by Crippen LogP contribution is 2.06. The van der Waals surface area contributed by atoms with Crippen LogP contribution < -0.4 is 10.6 Å². The molecule has 3 atom stereocenters. The molecule has 1 rings (SSSR count). The molecule has 5 N–H and O–H groups in total. The molecule has 0 bridgehead atoms. The first-order chi connectivity index (χ1) is 7.04. The van der Waals surface area contributed by atoms with Crippen molar-refractivity contribution in [1.29, 1.82) is 0 Å². The first-order valence-electron chi connectivity index (χ1n) is 4.60. The number of hydrogen-bond acceptors (Lipinski definition) is 5. The second-order valence-electron chi connectivity index (χ2n) is 3.43. The molecular formula is C8H14N2O5. The van der Waals surface area contributed by atoms with Crippen molar-refractivity contribution in [3.05, 3.63) is 0 Å². The Labute approximate surface area is 86.1 Å². The zero-order valence-electron chi connectivity index (χ0n) is 8.01. The van der Waals surface area contributed by atoms with Crippen LogP contribution in [0.5, 0.6) is 0 Å². The molecule has 1 amide bonds. The molecule has 0 radical (unpaired) electrons.